The second-order valence-electron chi connectivity index (χ2n) is 4.46. The van der Waals surface area contributed by atoms with Crippen molar-refractivity contribution >= 4 is 17.5 Å². The lowest BCUT2D eigenvalue weighted by molar-refractivity contribution is -0.118. The monoisotopic (exact) mass is 249 g/mol. The molecule has 1 aromatic heterocycles. The Kier molecular flexibility index (Phi) is 3.64. The normalized spacial score (nSPS) is 14.2. The molecular weight excluding hydrogens is 230 g/mol. The van der Waals surface area contributed by atoms with E-state index in [0.717, 1.165) is 35.9 Å². The number of hydrogen-bond acceptors (Lipinski definition) is 5. The summed E-state index contributed by atoms with van der Waals surface area (Å²) < 4.78 is 0. The quantitative estimate of drug-likeness (QED) is 0.721. The number of likely N-dealkylation sites (N-methyl/N-ethyl adjacent to an activating group) is 1. The van der Waals surface area contributed by atoms with Gasteiger partial charge in [0.05, 0.1) is 6.54 Å². The van der Waals surface area contributed by atoms with Crippen LogP contribution in [0.15, 0.2) is 0 Å². The summed E-state index contributed by atoms with van der Waals surface area (Å²) in [6.45, 7) is 2.16. The molecule has 0 aliphatic heterocycles. The van der Waals surface area contributed by atoms with Crippen molar-refractivity contribution in [1.82, 2.24) is 15.3 Å². The van der Waals surface area contributed by atoms with Crippen molar-refractivity contribution in [2.24, 2.45) is 0 Å². The number of anilines is 2. The molecule has 1 heterocycles. The number of amides is 1. The molecule has 0 radical (unpaired) electrons. The Morgan fingerprint density at radius 1 is 1.28 bits per heavy atom. The van der Waals surface area contributed by atoms with Gasteiger partial charge in [0, 0.05) is 25.6 Å². The number of carbonyl (C=O) groups is 1. The lowest BCUT2D eigenvalue weighted by Crippen LogP contribution is -2.27. The summed E-state index contributed by atoms with van der Waals surface area (Å²) in [5.41, 5.74) is 0.936. The predicted octanol–water partition coefficient (Wildman–Crippen LogP) is 0.862. The van der Waals surface area contributed by atoms with E-state index in [1.807, 2.05) is 14.0 Å². The van der Waals surface area contributed by atoms with Crippen molar-refractivity contribution in [3.05, 3.63) is 11.4 Å². The molecule has 2 rings (SSSR count). The first kappa shape index (κ1) is 12.6. The van der Waals surface area contributed by atoms with Crippen molar-refractivity contribution in [3.8, 4) is 0 Å². The molecular formula is C12H19N5O. The Bertz CT molecular complexity index is 456. The van der Waals surface area contributed by atoms with Crippen molar-refractivity contribution in [2.75, 3.05) is 31.3 Å². The van der Waals surface area contributed by atoms with Gasteiger partial charge in [-0.15, -0.1) is 0 Å². The summed E-state index contributed by atoms with van der Waals surface area (Å²) in [5, 5.41) is 8.70. The highest BCUT2D eigenvalue weighted by molar-refractivity contribution is 5.80. The lowest BCUT2D eigenvalue weighted by Gasteiger charge is -2.13. The first-order valence-electron chi connectivity index (χ1n) is 6.16. The smallest absolute Gasteiger partial charge is 0.239 e. The number of nitrogens with one attached hydrogen (secondary N) is 3. The fourth-order valence-corrected chi connectivity index (χ4v) is 1.73. The second-order valence-corrected chi connectivity index (χ2v) is 4.46. The van der Waals surface area contributed by atoms with Crippen LogP contribution in [0.2, 0.25) is 0 Å². The number of nitrogens with zero attached hydrogens (tertiary/aromatic N) is 2. The number of rotatable bonds is 5. The van der Waals surface area contributed by atoms with Gasteiger partial charge >= 0.3 is 0 Å². The van der Waals surface area contributed by atoms with Gasteiger partial charge in [-0.25, -0.2) is 9.97 Å². The average Bonchev–Trinajstić information content (AvgIpc) is 3.21. The SMILES string of the molecule is CNC(=O)CNc1nc(C2CC2)nc(NC)c1C. The van der Waals surface area contributed by atoms with Crippen molar-refractivity contribution in [1.29, 1.82) is 0 Å². The van der Waals surface area contributed by atoms with Gasteiger partial charge in [0.15, 0.2) is 0 Å². The van der Waals surface area contributed by atoms with Gasteiger partial charge in [-0.3, -0.25) is 4.79 Å². The van der Waals surface area contributed by atoms with Gasteiger partial charge in [0.2, 0.25) is 5.91 Å². The summed E-state index contributed by atoms with van der Waals surface area (Å²) in [7, 11) is 3.46. The van der Waals surface area contributed by atoms with Crippen molar-refractivity contribution < 1.29 is 4.79 Å². The second kappa shape index (κ2) is 5.20. The molecule has 3 N–H and O–H groups in total. The molecule has 0 spiro atoms. The zero-order chi connectivity index (χ0) is 13.1. The number of hydrogen-bond donors (Lipinski definition) is 3. The Labute approximate surface area is 107 Å². The first-order valence-corrected chi connectivity index (χ1v) is 6.16. The van der Waals surface area contributed by atoms with Crippen LogP contribution in [-0.4, -0.2) is 36.5 Å². The Hall–Kier alpha value is -1.85. The van der Waals surface area contributed by atoms with Crippen LogP contribution < -0.4 is 16.0 Å². The molecule has 18 heavy (non-hydrogen) atoms. The predicted molar refractivity (Wildman–Crippen MR) is 70.8 cm³/mol. The van der Waals surface area contributed by atoms with Crippen LogP contribution in [0, 0.1) is 6.92 Å². The molecule has 0 bridgehead atoms. The highest BCUT2D eigenvalue weighted by Crippen LogP contribution is 2.39. The van der Waals surface area contributed by atoms with Crippen molar-refractivity contribution in [3.63, 3.8) is 0 Å². The highest BCUT2D eigenvalue weighted by atomic mass is 16.1. The molecule has 1 aliphatic carbocycles. The largest absolute Gasteiger partial charge is 0.373 e. The summed E-state index contributed by atoms with van der Waals surface area (Å²) >= 11 is 0. The van der Waals surface area contributed by atoms with E-state index in [2.05, 4.69) is 25.9 Å². The fourth-order valence-electron chi connectivity index (χ4n) is 1.73. The van der Waals surface area contributed by atoms with E-state index in [1.165, 1.54) is 0 Å². The summed E-state index contributed by atoms with van der Waals surface area (Å²) in [6.07, 6.45) is 2.31. The minimum absolute atomic E-state index is 0.0630. The Morgan fingerprint density at radius 3 is 2.50 bits per heavy atom. The van der Waals surface area contributed by atoms with Crippen LogP contribution in [0.5, 0.6) is 0 Å². The molecule has 1 fully saturated rings. The highest BCUT2D eigenvalue weighted by Gasteiger charge is 2.28. The number of carbonyl (C=O) groups excluding carboxylic acids is 1. The maximum absolute atomic E-state index is 11.2. The third kappa shape index (κ3) is 2.69. The lowest BCUT2D eigenvalue weighted by atomic mass is 10.2. The maximum atomic E-state index is 11.2. The summed E-state index contributed by atoms with van der Waals surface area (Å²) in [4.78, 5) is 20.3. The van der Waals surface area contributed by atoms with E-state index in [-0.39, 0.29) is 12.5 Å². The zero-order valence-electron chi connectivity index (χ0n) is 11.0. The van der Waals surface area contributed by atoms with E-state index in [1.54, 1.807) is 7.05 Å². The summed E-state index contributed by atoms with van der Waals surface area (Å²) in [5.74, 6) is 2.85. The molecule has 0 atom stereocenters. The molecule has 6 nitrogen and oxygen atoms in total. The van der Waals surface area contributed by atoms with E-state index >= 15 is 0 Å². The third-order valence-corrected chi connectivity index (χ3v) is 3.04. The Balaban J connectivity index is 2.21. The van der Waals surface area contributed by atoms with Gasteiger partial charge < -0.3 is 16.0 Å². The van der Waals surface area contributed by atoms with Crippen LogP contribution in [-0.2, 0) is 4.79 Å². The summed E-state index contributed by atoms with van der Waals surface area (Å²) in [6, 6.07) is 0. The molecule has 0 unspecified atom stereocenters. The maximum Gasteiger partial charge on any atom is 0.239 e. The minimum Gasteiger partial charge on any atom is -0.373 e. The van der Waals surface area contributed by atoms with Crippen LogP contribution in [0.25, 0.3) is 0 Å². The molecule has 0 saturated heterocycles. The van der Waals surface area contributed by atoms with Crippen LogP contribution in [0.3, 0.4) is 0 Å². The number of aromatic nitrogens is 2. The molecule has 1 aliphatic rings. The standard InChI is InChI=1S/C12H19N5O/c1-7-10(14-3)16-12(8-4-5-8)17-11(7)15-6-9(18)13-2/h8H,4-6H2,1-3H3,(H,13,18)(H2,14,15,16,17). The first-order chi connectivity index (χ1) is 8.65. The van der Waals surface area contributed by atoms with E-state index in [4.69, 9.17) is 0 Å². The van der Waals surface area contributed by atoms with Gasteiger partial charge in [-0.1, -0.05) is 0 Å². The molecule has 6 heteroatoms. The Morgan fingerprint density at radius 2 is 1.94 bits per heavy atom. The van der Waals surface area contributed by atoms with Gasteiger partial charge in [0.1, 0.15) is 17.5 Å². The average molecular weight is 249 g/mol. The van der Waals surface area contributed by atoms with Crippen molar-refractivity contribution in [2.45, 2.75) is 25.7 Å². The van der Waals surface area contributed by atoms with E-state index in [9.17, 15) is 4.79 Å². The van der Waals surface area contributed by atoms with Gasteiger partial charge in [0.25, 0.3) is 0 Å². The van der Waals surface area contributed by atoms with E-state index < -0.39 is 0 Å². The topological polar surface area (TPSA) is 78.9 Å². The molecule has 1 aromatic rings. The van der Waals surface area contributed by atoms with Gasteiger partial charge in [-0.2, -0.15) is 0 Å². The third-order valence-electron chi connectivity index (χ3n) is 3.04. The fraction of sp³-hybridized carbons (Fsp3) is 0.583. The molecule has 0 aromatic carbocycles. The molecule has 1 saturated carbocycles. The minimum atomic E-state index is -0.0630. The molecule has 1 amide bonds. The molecule has 98 valence electrons. The van der Waals surface area contributed by atoms with E-state index in [0.29, 0.717) is 5.92 Å². The van der Waals surface area contributed by atoms with Crippen LogP contribution in [0.1, 0.15) is 30.1 Å². The van der Waals surface area contributed by atoms with Crippen LogP contribution in [0.4, 0.5) is 11.6 Å². The van der Waals surface area contributed by atoms with Crippen LogP contribution >= 0.6 is 0 Å². The zero-order valence-corrected chi connectivity index (χ0v) is 11.0. The van der Waals surface area contributed by atoms with Gasteiger partial charge in [-0.05, 0) is 19.8 Å².